The number of anilines is 1. The fourth-order valence-electron chi connectivity index (χ4n) is 3.28. The SMILES string of the molecule is O=C(CSc1nc(=O)n(Cc2ccco2)c2c1CCC2)Nc1ccccc1. The molecule has 1 aromatic carbocycles. The van der Waals surface area contributed by atoms with E-state index >= 15 is 0 Å². The van der Waals surface area contributed by atoms with Gasteiger partial charge in [0.2, 0.25) is 5.91 Å². The molecule has 2 aromatic heterocycles. The number of rotatable bonds is 6. The van der Waals surface area contributed by atoms with Crippen LogP contribution in [0.1, 0.15) is 23.4 Å². The van der Waals surface area contributed by atoms with E-state index in [-0.39, 0.29) is 17.3 Å². The lowest BCUT2D eigenvalue weighted by Gasteiger charge is -2.13. The number of amides is 1. The van der Waals surface area contributed by atoms with E-state index in [1.54, 1.807) is 10.8 Å². The van der Waals surface area contributed by atoms with Crippen LogP contribution in [0.25, 0.3) is 0 Å². The van der Waals surface area contributed by atoms with Crippen LogP contribution in [0.5, 0.6) is 0 Å². The summed E-state index contributed by atoms with van der Waals surface area (Å²) in [6.07, 6.45) is 4.31. The van der Waals surface area contributed by atoms with Crippen molar-refractivity contribution < 1.29 is 9.21 Å². The number of furan rings is 1. The average Bonchev–Trinajstić information content (AvgIpc) is 3.35. The molecular formula is C20H19N3O3S. The summed E-state index contributed by atoms with van der Waals surface area (Å²) in [4.78, 5) is 29.0. The predicted molar refractivity (Wildman–Crippen MR) is 104 cm³/mol. The third-order valence-corrected chi connectivity index (χ3v) is 5.51. The Bertz CT molecular complexity index is 997. The molecule has 0 unspecified atom stereocenters. The quantitative estimate of drug-likeness (QED) is 0.524. The topological polar surface area (TPSA) is 77.1 Å². The van der Waals surface area contributed by atoms with Gasteiger partial charge in [-0.3, -0.25) is 9.36 Å². The second-order valence-electron chi connectivity index (χ2n) is 6.35. The summed E-state index contributed by atoms with van der Waals surface area (Å²) in [5.74, 6) is 0.839. The van der Waals surface area contributed by atoms with Crippen LogP contribution in [-0.4, -0.2) is 21.2 Å². The molecule has 1 aliphatic carbocycles. The molecule has 1 aliphatic rings. The highest BCUT2D eigenvalue weighted by Gasteiger charge is 2.23. The number of nitrogens with one attached hydrogen (secondary N) is 1. The Morgan fingerprint density at radius 1 is 1.19 bits per heavy atom. The van der Waals surface area contributed by atoms with Crippen LogP contribution in [0, 0.1) is 0 Å². The largest absolute Gasteiger partial charge is 0.467 e. The number of hydrogen-bond donors (Lipinski definition) is 1. The minimum Gasteiger partial charge on any atom is -0.467 e. The molecule has 3 aromatic rings. The second kappa shape index (κ2) is 7.84. The minimum atomic E-state index is -0.294. The summed E-state index contributed by atoms with van der Waals surface area (Å²) >= 11 is 1.32. The molecule has 7 heteroatoms. The maximum atomic E-state index is 12.6. The van der Waals surface area contributed by atoms with E-state index in [1.807, 2.05) is 42.5 Å². The number of carbonyl (C=O) groups is 1. The van der Waals surface area contributed by atoms with Gasteiger partial charge in [0.25, 0.3) is 0 Å². The van der Waals surface area contributed by atoms with Crippen molar-refractivity contribution in [2.24, 2.45) is 0 Å². The van der Waals surface area contributed by atoms with Gasteiger partial charge in [0, 0.05) is 16.9 Å². The van der Waals surface area contributed by atoms with E-state index in [2.05, 4.69) is 10.3 Å². The maximum absolute atomic E-state index is 12.6. The van der Waals surface area contributed by atoms with Gasteiger partial charge < -0.3 is 9.73 Å². The zero-order chi connectivity index (χ0) is 18.6. The van der Waals surface area contributed by atoms with Crippen molar-refractivity contribution in [1.82, 2.24) is 9.55 Å². The van der Waals surface area contributed by atoms with Crippen LogP contribution < -0.4 is 11.0 Å². The summed E-state index contributed by atoms with van der Waals surface area (Å²) in [6, 6.07) is 13.0. The molecule has 0 bridgehead atoms. The predicted octanol–water partition coefficient (Wildman–Crippen LogP) is 3.10. The molecule has 0 radical (unpaired) electrons. The Balaban J connectivity index is 1.50. The molecule has 1 amide bonds. The lowest BCUT2D eigenvalue weighted by Crippen LogP contribution is -2.28. The van der Waals surface area contributed by atoms with Gasteiger partial charge in [-0.15, -0.1) is 0 Å². The molecule has 0 fully saturated rings. The van der Waals surface area contributed by atoms with E-state index in [0.717, 1.165) is 42.0 Å². The molecule has 0 spiro atoms. The monoisotopic (exact) mass is 381 g/mol. The molecule has 0 saturated heterocycles. The molecule has 4 rings (SSSR count). The van der Waals surface area contributed by atoms with Crippen molar-refractivity contribution in [1.29, 1.82) is 0 Å². The number of benzene rings is 1. The summed E-state index contributed by atoms with van der Waals surface area (Å²) in [6.45, 7) is 0.389. The first kappa shape index (κ1) is 17.6. The lowest BCUT2D eigenvalue weighted by molar-refractivity contribution is -0.113. The Morgan fingerprint density at radius 2 is 2.04 bits per heavy atom. The zero-order valence-corrected chi connectivity index (χ0v) is 15.5. The molecular weight excluding hydrogens is 362 g/mol. The fraction of sp³-hybridized carbons (Fsp3) is 0.250. The van der Waals surface area contributed by atoms with Crippen LogP contribution in [0.15, 0.2) is 63.0 Å². The van der Waals surface area contributed by atoms with Crippen molar-refractivity contribution in [3.05, 3.63) is 76.2 Å². The number of thioether (sulfide) groups is 1. The van der Waals surface area contributed by atoms with Crippen LogP contribution >= 0.6 is 11.8 Å². The van der Waals surface area contributed by atoms with Crippen molar-refractivity contribution >= 4 is 23.4 Å². The molecule has 0 aliphatic heterocycles. The third-order valence-electron chi connectivity index (χ3n) is 4.49. The normalized spacial score (nSPS) is 12.7. The molecule has 1 N–H and O–H groups in total. The molecule has 2 heterocycles. The Morgan fingerprint density at radius 3 is 2.81 bits per heavy atom. The first-order valence-electron chi connectivity index (χ1n) is 8.83. The summed E-state index contributed by atoms with van der Waals surface area (Å²) in [5, 5.41) is 3.52. The lowest BCUT2D eigenvalue weighted by atomic mass is 10.2. The molecule has 0 saturated carbocycles. The number of aromatic nitrogens is 2. The maximum Gasteiger partial charge on any atom is 0.349 e. The zero-order valence-electron chi connectivity index (χ0n) is 14.7. The van der Waals surface area contributed by atoms with Crippen LogP contribution in [0.3, 0.4) is 0 Å². The van der Waals surface area contributed by atoms with E-state index in [1.165, 1.54) is 11.8 Å². The van der Waals surface area contributed by atoms with Crippen molar-refractivity contribution in [2.45, 2.75) is 30.8 Å². The van der Waals surface area contributed by atoms with Gasteiger partial charge in [0.05, 0.1) is 18.6 Å². The molecule has 27 heavy (non-hydrogen) atoms. The Hall–Kier alpha value is -2.80. The van der Waals surface area contributed by atoms with Gasteiger partial charge in [-0.25, -0.2) is 4.79 Å². The molecule has 6 nitrogen and oxygen atoms in total. The fourth-order valence-corrected chi connectivity index (χ4v) is 4.16. The number of para-hydroxylation sites is 1. The summed E-state index contributed by atoms with van der Waals surface area (Å²) < 4.78 is 7.06. The highest BCUT2D eigenvalue weighted by molar-refractivity contribution is 8.00. The highest BCUT2D eigenvalue weighted by Crippen LogP contribution is 2.29. The summed E-state index contributed by atoms with van der Waals surface area (Å²) in [5.41, 5.74) is 2.56. The molecule has 0 atom stereocenters. The second-order valence-corrected chi connectivity index (χ2v) is 7.31. The van der Waals surface area contributed by atoms with Gasteiger partial charge in [-0.2, -0.15) is 4.98 Å². The number of nitrogens with zero attached hydrogens (tertiary/aromatic N) is 2. The van der Waals surface area contributed by atoms with Crippen LogP contribution in [0.2, 0.25) is 0 Å². The van der Waals surface area contributed by atoms with E-state index in [9.17, 15) is 9.59 Å². The van der Waals surface area contributed by atoms with Crippen molar-refractivity contribution in [2.75, 3.05) is 11.1 Å². The Kier molecular flexibility index (Phi) is 5.11. The minimum absolute atomic E-state index is 0.112. The van der Waals surface area contributed by atoms with E-state index in [0.29, 0.717) is 11.6 Å². The van der Waals surface area contributed by atoms with Gasteiger partial charge in [-0.05, 0) is 43.5 Å². The smallest absolute Gasteiger partial charge is 0.349 e. The first-order valence-corrected chi connectivity index (χ1v) is 9.82. The standard InChI is InChI=1S/C20H19N3O3S/c24-18(21-14-6-2-1-3-7-14)13-27-19-16-9-4-10-17(16)23(20(25)22-19)12-15-8-5-11-26-15/h1-3,5-8,11H,4,9-10,12-13H2,(H,21,24). The number of carbonyl (C=O) groups excluding carboxylic acids is 1. The van der Waals surface area contributed by atoms with E-state index < -0.39 is 0 Å². The van der Waals surface area contributed by atoms with Crippen LogP contribution in [-0.2, 0) is 24.2 Å². The van der Waals surface area contributed by atoms with Gasteiger partial charge >= 0.3 is 5.69 Å². The van der Waals surface area contributed by atoms with Gasteiger partial charge in [0.15, 0.2) is 0 Å². The van der Waals surface area contributed by atoms with Gasteiger partial charge in [0.1, 0.15) is 10.8 Å². The number of hydrogen-bond acceptors (Lipinski definition) is 5. The Labute approximate surface area is 160 Å². The average molecular weight is 381 g/mol. The van der Waals surface area contributed by atoms with Gasteiger partial charge in [-0.1, -0.05) is 30.0 Å². The molecule has 138 valence electrons. The first-order chi connectivity index (χ1) is 13.2. The van der Waals surface area contributed by atoms with Crippen molar-refractivity contribution in [3.63, 3.8) is 0 Å². The summed E-state index contributed by atoms with van der Waals surface area (Å²) in [7, 11) is 0. The highest BCUT2D eigenvalue weighted by atomic mass is 32.2. The van der Waals surface area contributed by atoms with E-state index in [4.69, 9.17) is 4.42 Å². The van der Waals surface area contributed by atoms with Crippen molar-refractivity contribution in [3.8, 4) is 0 Å². The van der Waals surface area contributed by atoms with Crippen LogP contribution in [0.4, 0.5) is 5.69 Å². The number of fused-ring (bicyclic) bond motifs is 1. The third kappa shape index (κ3) is 3.98.